The van der Waals surface area contributed by atoms with Crippen LogP contribution < -0.4 is 14.8 Å². The fourth-order valence-electron chi connectivity index (χ4n) is 3.60. The van der Waals surface area contributed by atoms with Crippen LogP contribution in [-0.4, -0.2) is 54.6 Å². The maximum Gasteiger partial charge on any atom is 0.322 e. The molecule has 0 saturated carbocycles. The summed E-state index contributed by atoms with van der Waals surface area (Å²) in [5, 5.41) is 10.4. The van der Waals surface area contributed by atoms with E-state index in [1.165, 1.54) is 16.4 Å². The normalized spacial score (nSPS) is 18.6. The van der Waals surface area contributed by atoms with Crippen molar-refractivity contribution in [1.82, 2.24) is 14.5 Å². The summed E-state index contributed by atoms with van der Waals surface area (Å²) in [7, 11) is -3.84. The van der Waals surface area contributed by atoms with E-state index in [1.807, 2.05) is 0 Å². The SMILES string of the molecule is O=C(Nc1nnc(-c2ccc3c(c2)OCCO3)o1)[C@H]1CCCN1S(=O)(=O)c1ccc(Cl)s1. The molecule has 10 nitrogen and oxygen atoms in total. The Morgan fingerprint density at radius 1 is 1.16 bits per heavy atom. The third-order valence-electron chi connectivity index (χ3n) is 5.06. The van der Waals surface area contributed by atoms with Crippen molar-refractivity contribution in [3.63, 3.8) is 0 Å². The van der Waals surface area contributed by atoms with Gasteiger partial charge in [0.25, 0.3) is 10.0 Å². The number of hydrogen-bond acceptors (Lipinski definition) is 9. The molecule has 2 aliphatic heterocycles. The minimum Gasteiger partial charge on any atom is -0.486 e. The van der Waals surface area contributed by atoms with Crippen LogP contribution in [-0.2, 0) is 14.8 Å². The van der Waals surface area contributed by atoms with Crippen molar-refractivity contribution in [2.75, 3.05) is 25.1 Å². The van der Waals surface area contributed by atoms with Gasteiger partial charge in [-0.3, -0.25) is 10.1 Å². The Hall–Kier alpha value is -2.67. The van der Waals surface area contributed by atoms with Crippen molar-refractivity contribution < 1.29 is 27.1 Å². The van der Waals surface area contributed by atoms with E-state index in [2.05, 4.69) is 15.5 Å². The van der Waals surface area contributed by atoms with Crippen LogP contribution in [0.4, 0.5) is 6.01 Å². The smallest absolute Gasteiger partial charge is 0.322 e. The number of halogens is 1. The first-order valence-electron chi connectivity index (χ1n) is 9.73. The van der Waals surface area contributed by atoms with Crippen molar-refractivity contribution in [2.45, 2.75) is 23.1 Å². The van der Waals surface area contributed by atoms with Gasteiger partial charge in [0, 0.05) is 12.1 Å². The van der Waals surface area contributed by atoms with Crippen molar-refractivity contribution in [3.8, 4) is 23.0 Å². The first-order chi connectivity index (χ1) is 15.4. The summed E-state index contributed by atoms with van der Waals surface area (Å²) >= 11 is 6.84. The second-order valence-corrected chi connectivity index (χ2v) is 10.9. The van der Waals surface area contributed by atoms with Crippen LogP contribution in [0.2, 0.25) is 4.34 Å². The van der Waals surface area contributed by atoms with Crippen molar-refractivity contribution >= 4 is 44.9 Å². The molecule has 168 valence electrons. The van der Waals surface area contributed by atoms with Gasteiger partial charge < -0.3 is 13.9 Å². The van der Waals surface area contributed by atoms with Crippen LogP contribution >= 0.6 is 22.9 Å². The number of carbonyl (C=O) groups is 1. The molecule has 13 heteroatoms. The molecule has 0 spiro atoms. The van der Waals surface area contributed by atoms with E-state index < -0.39 is 22.0 Å². The molecule has 1 saturated heterocycles. The zero-order chi connectivity index (χ0) is 22.3. The second-order valence-electron chi connectivity index (χ2n) is 7.09. The predicted octanol–water partition coefficient (Wildman–Crippen LogP) is 3.01. The van der Waals surface area contributed by atoms with E-state index in [4.69, 9.17) is 25.5 Å². The summed E-state index contributed by atoms with van der Waals surface area (Å²) in [6.07, 6.45) is 0.941. The highest BCUT2D eigenvalue weighted by molar-refractivity contribution is 7.91. The van der Waals surface area contributed by atoms with Gasteiger partial charge in [-0.1, -0.05) is 16.7 Å². The molecule has 32 heavy (non-hydrogen) atoms. The van der Waals surface area contributed by atoms with Crippen molar-refractivity contribution in [2.24, 2.45) is 0 Å². The van der Waals surface area contributed by atoms with Crippen LogP contribution in [0.1, 0.15) is 12.8 Å². The second kappa shape index (κ2) is 8.35. The molecule has 0 radical (unpaired) electrons. The Morgan fingerprint density at radius 3 is 2.75 bits per heavy atom. The number of rotatable bonds is 5. The molecule has 4 heterocycles. The van der Waals surface area contributed by atoms with Gasteiger partial charge in [-0.15, -0.1) is 16.4 Å². The number of thiophene rings is 1. The van der Waals surface area contributed by atoms with E-state index >= 15 is 0 Å². The molecule has 1 N–H and O–H groups in total. The fraction of sp³-hybridized carbons (Fsp3) is 0.316. The van der Waals surface area contributed by atoms with Gasteiger partial charge in [-0.25, -0.2) is 8.42 Å². The Bertz CT molecular complexity index is 1270. The molecule has 0 aliphatic carbocycles. The topological polar surface area (TPSA) is 124 Å². The minimum absolute atomic E-state index is 0.0980. The highest BCUT2D eigenvalue weighted by Gasteiger charge is 2.40. The lowest BCUT2D eigenvalue weighted by atomic mass is 10.2. The molecule has 1 fully saturated rings. The lowest BCUT2D eigenvalue weighted by Gasteiger charge is -2.21. The zero-order valence-electron chi connectivity index (χ0n) is 16.5. The monoisotopic (exact) mass is 496 g/mol. The van der Waals surface area contributed by atoms with Gasteiger partial charge in [0.15, 0.2) is 11.5 Å². The lowest BCUT2D eigenvalue weighted by molar-refractivity contribution is -0.119. The van der Waals surface area contributed by atoms with E-state index in [9.17, 15) is 13.2 Å². The number of anilines is 1. The maximum absolute atomic E-state index is 12.9. The number of benzene rings is 1. The number of amides is 1. The summed E-state index contributed by atoms with van der Waals surface area (Å²) in [6.45, 7) is 1.17. The van der Waals surface area contributed by atoms with Crippen LogP contribution in [0.3, 0.4) is 0 Å². The summed E-state index contributed by atoms with van der Waals surface area (Å²) in [6, 6.07) is 7.14. The number of hydrogen-bond donors (Lipinski definition) is 1. The number of carbonyl (C=O) groups excluding carboxylic acids is 1. The van der Waals surface area contributed by atoms with E-state index in [0.29, 0.717) is 47.5 Å². The lowest BCUT2D eigenvalue weighted by Crippen LogP contribution is -2.42. The Balaban J connectivity index is 1.32. The maximum atomic E-state index is 12.9. The number of sulfonamides is 1. The van der Waals surface area contributed by atoms with Crippen LogP contribution in [0, 0.1) is 0 Å². The predicted molar refractivity (Wildman–Crippen MR) is 116 cm³/mol. The quantitative estimate of drug-likeness (QED) is 0.571. The van der Waals surface area contributed by atoms with Gasteiger partial charge >= 0.3 is 6.01 Å². The number of fused-ring (bicyclic) bond motifs is 1. The van der Waals surface area contributed by atoms with Gasteiger partial charge in [-0.05, 0) is 43.2 Å². The number of ether oxygens (including phenoxy) is 2. The molecular weight excluding hydrogens is 480 g/mol. The van der Waals surface area contributed by atoms with Crippen LogP contribution in [0.15, 0.2) is 39.0 Å². The number of nitrogens with one attached hydrogen (secondary N) is 1. The summed E-state index contributed by atoms with van der Waals surface area (Å²) in [5.74, 6) is 0.841. The molecule has 1 amide bonds. The highest BCUT2D eigenvalue weighted by atomic mass is 35.5. The Morgan fingerprint density at radius 2 is 1.97 bits per heavy atom. The van der Waals surface area contributed by atoms with Gasteiger partial charge in [-0.2, -0.15) is 4.31 Å². The Labute approximate surface area is 192 Å². The first kappa shape index (κ1) is 21.2. The molecule has 1 aromatic carbocycles. The van der Waals surface area contributed by atoms with E-state index in [1.54, 1.807) is 18.2 Å². The standard InChI is InChI=1S/C19H17ClN4O6S2/c20-15-5-6-16(31-15)32(26,27)24-7-1-2-12(24)17(25)21-19-23-22-18(30-19)11-3-4-13-14(10-11)29-9-8-28-13/h3-6,10,12H,1-2,7-9H2,(H,21,23,25)/t12-/m1/s1. The fourth-order valence-corrected chi connectivity index (χ4v) is 6.87. The Kier molecular flexibility index (Phi) is 5.53. The van der Waals surface area contributed by atoms with Crippen molar-refractivity contribution in [1.29, 1.82) is 0 Å². The van der Waals surface area contributed by atoms with Gasteiger partial charge in [0.1, 0.15) is 23.5 Å². The van der Waals surface area contributed by atoms with E-state index in [-0.39, 0.29) is 22.7 Å². The number of nitrogens with zero attached hydrogens (tertiary/aromatic N) is 3. The molecule has 2 aromatic heterocycles. The van der Waals surface area contributed by atoms with Crippen LogP contribution in [0.5, 0.6) is 11.5 Å². The summed E-state index contributed by atoms with van der Waals surface area (Å²) < 4.78 is 44.1. The average molecular weight is 497 g/mol. The average Bonchev–Trinajstić information content (AvgIpc) is 3.54. The summed E-state index contributed by atoms with van der Waals surface area (Å²) in [4.78, 5) is 12.8. The largest absolute Gasteiger partial charge is 0.486 e. The minimum atomic E-state index is -3.84. The molecule has 0 bridgehead atoms. The highest BCUT2D eigenvalue weighted by Crippen LogP contribution is 2.35. The van der Waals surface area contributed by atoms with Crippen molar-refractivity contribution in [3.05, 3.63) is 34.7 Å². The molecular formula is C19H17ClN4O6S2. The summed E-state index contributed by atoms with van der Waals surface area (Å²) in [5.41, 5.74) is 0.599. The molecule has 5 rings (SSSR count). The third kappa shape index (κ3) is 3.94. The molecule has 0 unspecified atom stereocenters. The zero-order valence-corrected chi connectivity index (χ0v) is 18.9. The van der Waals surface area contributed by atoms with Crippen LogP contribution in [0.25, 0.3) is 11.5 Å². The molecule has 3 aromatic rings. The number of aromatic nitrogens is 2. The molecule has 2 aliphatic rings. The van der Waals surface area contributed by atoms with Gasteiger partial charge in [0.05, 0.1) is 4.34 Å². The third-order valence-corrected chi connectivity index (χ3v) is 8.67. The van der Waals surface area contributed by atoms with E-state index in [0.717, 1.165) is 11.3 Å². The first-order valence-corrected chi connectivity index (χ1v) is 12.4. The molecule has 1 atom stereocenters. The van der Waals surface area contributed by atoms with Gasteiger partial charge in [0.2, 0.25) is 11.8 Å².